The van der Waals surface area contributed by atoms with Gasteiger partial charge in [-0.05, 0) is 69.1 Å². The number of fused-ring (bicyclic) bond motifs is 2. The molecule has 0 saturated heterocycles. The monoisotopic (exact) mass is 444 g/mol. The Morgan fingerprint density at radius 1 is 1.03 bits per heavy atom. The van der Waals surface area contributed by atoms with Crippen LogP contribution in [-0.2, 0) is 11.0 Å². The molecule has 1 aliphatic carbocycles. The Hall–Kier alpha value is -3.26. The normalized spacial score (nSPS) is 17.2. The van der Waals surface area contributed by atoms with Crippen LogP contribution in [0, 0.1) is 5.82 Å². The van der Waals surface area contributed by atoms with Crippen LogP contribution in [0.3, 0.4) is 0 Å². The van der Waals surface area contributed by atoms with Crippen molar-refractivity contribution in [2.24, 2.45) is 0 Å². The molecule has 1 N–H and O–H groups in total. The predicted octanol–water partition coefficient (Wildman–Crippen LogP) is 4.70. The highest BCUT2D eigenvalue weighted by atomic mass is 28.3. The first-order valence-electron chi connectivity index (χ1n) is 9.34. The van der Waals surface area contributed by atoms with E-state index in [4.69, 9.17) is 0 Å². The Labute approximate surface area is 176 Å². The number of hydrogen-bond acceptors (Lipinski definition) is 3. The summed E-state index contributed by atoms with van der Waals surface area (Å²) in [5, 5.41) is 11.3. The first kappa shape index (κ1) is 21.0. The first-order chi connectivity index (χ1) is 14.4. The maximum Gasteiger partial charge on any atom is 0.417 e. The molecule has 0 saturated carbocycles. The van der Waals surface area contributed by atoms with E-state index in [0.29, 0.717) is 33.7 Å². The number of aromatic hydroxyl groups is 1. The van der Waals surface area contributed by atoms with Crippen molar-refractivity contribution in [3.05, 3.63) is 87.4 Å². The lowest BCUT2D eigenvalue weighted by Gasteiger charge is -2.38. The Morgan fingerprint density at radius 3 is 2.39 bits per heavy atom. The SMILES string of the molecule is C[Si]1(C)C2=CC(=O)C=CC2=C(c2cc(F)c(C=O)cc2C(F)(F)F)c2ccc(O)cc21. The number of allylic oxidation sites excluding steroid dienone is 5. The lowest BCUT2D eigenvalue weighted by Crippen LogP contribution is -2.49. The molecule has 0 bridgehead atoms. The van der Waals surface area contributed by atoms with Crippen molar-refractivity contribution in [1.82, 2.24) is 0 Å². The molecular weight excluding hydrogens is 428 g/mol. The predicted molar refractivity (Wildman–Crippen MR) is 110 cm³/mol. The van der Waals surface area contributed by atoms with E-state index in [2.05, 4.69) is 0 Å². The summed E-state index contributed by atoms with van der Waals surface area (Å²) >= 11 is 0. The molecule has 2 aliphatic rings. The quantitative estimate of drug-likeness (QED) is 0.415. The Bertz CT molecular complexity index is 1250. The standard InChI is InChI=1S/C23H16F4O3Si/c1-31(2)20-8-13(29)3-5-15(20)22(16-6-4-14(30)9-21(16)31)17-10-19(24)12(11-28)7-18(17)23(25,26)27/h3-11,29H,1-2H3. The van der Waals surface area contributed by atoms with Gasteiger partial charge in [-0.25, -0.2) is 4.39 Å². The van der Waals surface area contributed by atoms with Crippen molar-refractivity contribution < 1.29 is 32.3 Å². The van der Waals surface area contributed by atoms with Crippen LogP contribution < -0.4 is 5.19 Å². The first-order valence-corrected chi connectivity index (χ1v) is 12.3. The second-order valence-corrected chi connectivity index (χ2v) is 12.3. The number of phenolic OH excluding ortho intramolecular Hbond substituents is 1. The van der Waals surface area contributed by atoms with E-state index < -0.39 is 36.8 Å². The minimum atomic E-state index is -4.85. The molecule has 8 heteroatoms. The molecule has 0 fully saturated rings. The van der Waals surface area contributed by atoms with Gasteiger partial charge in [0.15, 0.2) is 12.1 Å². The Morgan fingerprint density at radius 2 is 1.74 bits per heavy atom. The van der Waals surface area contributed by atoms with Gasteiger partial charge in [-0.3, -0.25) is 9.59 Å². The molecule has 1 aliphatic heterocycles. The zero-order chi connectivity index (χ0) is 22.7. The van der Waals surface area contributed by atoms with Gasteiger partial charge in [0, 0.05) is 0 Å². The van der Waals surface area contributed by atoms with Crippen LogP contribution >= 0.6 is 0 Å². The molecule has 0 spiro atoms. The number of ketones is 1. The van der Waals surface area contributed by atoms with E-state index in [1.807, 2.05) is 13.1 Å². The second kappa shape index (κ2) is 6.88. The summed E-state index contributed by atoms with van der Waals surface area (Å²) in [6.45, 7) is 3.86. The van der Waals surface area contributed by atoms with Gasteiger partial charge in [-0.15, -0.1) is 0 Å². The molecular formula is C23H16F4O3Si. The van der Waals surface area contributed by atoms with Crippen LogP contribution in [0.15, 0.2) is 59.3 Å². The number of carbonyl (C=O) groups excluding carboxylic acids is 2. The summed E-state index contributed by atoms with van der Waals surface area (Å²) in [5.74, 6) is -1.42. The van der Waals surface area contributed by atoms with Crippen LogP contribution in [0.2, 0.25) is 13.1 Å². The van der Waals surface area contributed by atoms with Crippen molar-refractivity contribution in [2.75, 3.05) is 0 Å². The number of aldehydes is 1. The van der Waals surface area contributed by atoms with Crippen molar-refractivity contribution in [1.29, 1.82) is 0 Å². The summed E-state index contributed by atoms with van der Waals surface area (Å²) in [7, 11) is -2.58. The van der Waals surface area contributed by atoms with Crippen LogP contribution in [0.4, 0.5) is 17.6 Å². The fourth-order valence-electron chi connectivity index (χ4n) is 4.23. The minimum absolute atomic E-state index is 0.0412. The maximum atomic E-state index is 14.5. The molecule has 31 heavy (non-hydrogen) atoms. The largest absolute Gasteiger partial charge is 0.508 e. The van der Waals surface area contributed by atoms with E-state index in [1.165, 1.54) is 36.4 Å². The molecule has 2 aromatic rings. The van der Waals surface area contributed by atoms with Gasteiger partial charge in [-0.2, -0.15) is 13.2 Å². The zero-order valence-electron chi connectivity index (χ0n) is 16.5. The lowest BCUT2D eigenvalue weighted by atomic mass is 9.86. The van der Waals surface area contributed by atoms with E-state index in [-0.39, 0.29) is 23.4 Å². The van der Waals surface area contributed by atoms with Crippen molar-refractivity contribution in [3.63, 3.8) is 0 Å². The van der Waals surface area contributed by atoms with Crippen LogP contribution in [0.25, 0.3) is 5.57 Å². The fraction of sp³-hybridized carbons (Fsp3) is 0.130. The third-order valence-corrected chi connectivity index (χ3v) is 9.24. The summed E-state index contributed by atoms with van der Waals surface area (Å²) in [5.41, 5.74) is -1.30. The molecule has 0 aromatic heterocycles. The number of rotatable bonds is 2. The second-order valence-electron chi connectivity index (χ2n) is 7.97. The molecule has 3 nitrogen and oxygen atoms in total. The number of hydrogen-bond donors (Lipinski definition) is 1. The third kappa shape index (κ3) is 3.27. The van der Waals surface area contributed by atoms with Gasteiger partial charge >= 0.3 is 6.18 Å². The summed E-state index contributed by atoms with van der Waals surface area (Å²) in [6.07, 6.45) is -0.688. The molecule has 1 heterocycles. The van der Waals surface area contributed by atoms with Crippen molar-refractivity contribution >= 4 is 30.9 Å². The van der Waals surface area contributed by atoms with Crippen LogP contribution in [0.5, 0.6) is 5.75 Å². The highest BCUT2D eigenvalue weighted by molar-refractivity contribution is 6.98. The minimum Gasteiger partial charge on any atom is -0.508 e. The molecule has 2 aromatic carbocycles. The summed E-state index contributed by atoms with van der Waals surface area (Å²) in [4.78, 5) is 23.2. The molecule has 0 unspecified atom stereocenters. The molecule has 0 amide bonds. The van der Waals surface area contributed by atoms with E-state index in [0.717, 1.165) is 0 Å². The average molecular weight is 444 g/mol. The number of alkyl halides is 3. The van der Waals surface area contributed by atoms with Crippen LogP contribution in [-0.4, -0.2) is 25.2 Å². The van der Waals surface area contributed by atoms with E-state index in [1.54, 1.807) is 0 Å². The Kier molecular flexibility index (Phi) is 4.66. The molecule has 4 rings (SSSR count). The average Bonchev–Trinajstić information content (AvgIpc) is 2.68. The van der Waals surface area contributed by atoms with Gasteiger partial charge in [0.25, 0.3) is 0 Å². The van der Waals surface area contributed by atoms with E-state index >= 15 is 0 Å². The van der Waals surface area contributed by atoms with E-state index in [9.17, 15) is 32.3 Å². The molecule has 158 valence electrons. The number of benzene rings is 2. The fourth-order valence-corrected chi connectivity index (χ4v) is 7.29. The number of phenols is 1. The van der Waals surface area contributed by atoms with Crippen molar-refractivity contribution in [3.8, 4) is 5.75 Å². The number of halogens is 4. The third-order valence-electron chi connectivity index (χ3n) is 5.72. The maximum absolute atomic E-state index is 14.5. The summed E-state index contributed by atoms with van der Waals surface area (Å²) < 4.78 is 56.4. The lowest BCUT2D eigenvalue weighted by molar-refractivity contribution is -0.137. The highest BCUT2D eigenvalue weighted by Crippen LogP contribution is 2.45. The number of carbonyl (C=O) groups is 2. The van der Waals surface area contributed by atoms with Crippen molar-refractivity contribution in [2.45, 2.75) is 19.3 Å². The smallest absolute Gasteiger partial charge is 0.417 e. The highest BCUT2D eigenvalue weighted by Gasteiger charge is 2.43. The Balaban J connectivity index is 2.18. The zero-order valence-corrected chi connectivity index (χ0v) is 17.5. The topological polar surface area (TPSA) is 54.4 Å². The van der Waals surface area contributed by atoms with Gasteiger partial charge in [0.05, 0.1) is 11.1 Å². The van der Waals surface area contributed by atoms with Gasteiger partial charge in [-0.1, -0.05) is 25.2 Å². The summed E-state index contributed by atoms with van der Waals surface area (Å²) in [6, 6.07) is 5.58. The van der Waals surface area contributed by atoms with Gasteiger partial charge < -0.3 is 5.11 Å². The van der Waals surface area contributed by atoms with Crippen LogP contribution in [0.1, 0.15) is 27.0 Å². The van der Waals surface area contributed by atoms with Gasteiger partial charge in [0.2, 0.25) is 0 Å². The molecule has 0 atom stereocenters. The van der Waals surface area contributed by atoms with Gasteiger partial charge in [0.1, 0.15) is 19.6 Å². The molecule has 0 radical (unpaired) electrons.